The molecular formula is C34H30Br4N4O2. The first-order valence-electron chi connectivity index (χ1n) is 13.7. The van der Waals surface area contributed by atoms with Crippen molar-refractivity contribution in [2.24, 2.45) is 20.5 Å². The molecule has 44 heavy (non-hydrogen) atoms. The largest absolute Gasteiger partial charge is 0.289 e. The number of carbonyl (C=O) groups excluding carboxylic acids is 2. The summed E-state index contributed by atoms with van der Waals surface area (Å²) in [5.41, 5.74) is 11.6. The lowest BCUT2D eigenvalue weighted by Gasteiger charge is -2.19. The number of benzene rings is 2. The number of hydrogen-bond acceptors (Lipinski definition) is 6. The van der Waals surface area contributed by atoms with Crippen LogP contribution < -0.4 is 0 Å². The molecule has 0 spiro atoms. The maximum absolute atomic E-state index is 12.4. The zero-order valence-electron chi connectivity index (χ0n) is 25.6. The molecule has 2 aliphatic carbocycles. The van der Waals surface area contributed by atoms with Crippen LogP contribution in [0.25, 0.3) is 11.1 Å². The maximum atomic E-state index is 12.4. The Morgan fingerprint density at radius 1 is 0.455 bits per heavy atom. The van der Waals surface area contributed by atoms with Gasteiger partial charge in [-0.2, -0.15) is 10.2 Å². The summed E-state index contributed by atoms with van der Waals surface area (Å²) in [6.45, 7) is 15.1. The van der Waals surface area contributed by atoms with Gasteiger partial charge in [0.1, 0.15) is 11.4 Å². The van der Waals surface area contributed by atoms with E-state index in [1.54, 1.807) is 12.4 Å². The molecular weight excluding hydrogens is 816 g/mol. The second-order valence-electron chi connectivity index (χ2n) is 10.7. The molecule has 0 atom stereocenters. The van der Waals surface area contributed by atoms with Crippen LogP contribution in [0.2, 0.25) is 0 Å². The normalized spacial score (nSPS) is 16.5. The monoisotopic (exact) mass is 842 g/mol. The van der Waals surface area contributed by atoms with Crippen molar-refractivity contribution in [1.82, 2.24) is 0 Å². The van der Waals surface area contributed by atoms with Crippen molar-refractivity contribution >= 4 is 86.7 Å². The van der Waals surface area contributed by atoms with Gasteiger partial charge in [-0.15, -0.1) is 10.2 Å². The highest BCUT2D eigenvalue weighted by atomic mass is 79.9. The number of hydrogen-bond donors (Lipinski definition) is 0. The van der Waals surface area contributed by atoms with Crippen molar-refractivity contribution in [3.8, 4) is 11.1 Å². The lowest BCUT2D eigenvalue weighted by Crippen LogP contribution is -2.13. The predicted octanol–water partition coefficient (Wildman–Crippen LogP) is 12.8. The lowest BCUT2D eigenvalue weighted by molar-refractivity contribution is -0.113. The van der Waals surface area contributed by atoms with Crippen LogP contribution in [0.1, 0.15) is 55.4 Å². The molecule has 6 nitrogen and oxygen atoms in total. The minimum atomic E-state index is 0.0749. The second kappa shape index (κ2) is 13.8. The van der Waals surface area contributed by atoms with Gasteiger partial charge in [0.05, 0.1) is 12.4 Å². The van der Waals surface area contributed by atoms with Gasteiger partial charge in [0.2, 0.25) is 0 Å². The average Bonchev–Trinajstić information content (AvgIpc) is 2.99. The molecule has 4 rings (SSSR count). The molecule has 0 aromatic heterocycles. The van der Waals surface area contributed by atoms with E-state index < -0.39 is 0 Å². The second-order valence-corrected chi connectivity index (χ2v) is 14.2. The minimum Gasteiger partial charge on any atom is -0.289 e. The Hall–Kier alpha value is -2.66. The van der Waals surface area contributed by atoms with Crippen molar-refractivity contribution in [3.05, 3.63) is 110 Å². The van der Waals surface area contributed by atoms with Crippen LogP contribution in [0.5, 0.6) is 0 Å². The number of allylic oxidation sites excluding steroid dienone is 10. The SMILES string of the molecule is CC1=C(C)C(=C/N=N/c2cc(Br)c(-c3cc(Br)c(/N=N/C=C4C(C)=C(C)C(=O)C(C)=C4C)cc3Br)cc2Br)C(C)=C(C)C1=O. The van der Waals surface area contributed by atoms with E-state index in [1.165, 1.54) is 0 Å². The van der Waals surface area contributed by atoms with E-state index in [2.05, 4.69) is 84.2 Å². The fraction of sp³-hybridized carbons (Fsp3) is 0.235. The van der Waals surface area contributed by atoms with Crippen LogP contribution in [0.3, 0.4) is 0 Å². The number of nitrogens with zero attached hydrogens (tertiary/aromatic N) is 4. The van der Waals surface area contributed by atoms with Crippen molar-refractivity contribution in [2.75, 3.05) is 0 Å². The highest BCUT2D eigenvalue weighted by Crippen LogP contribution is 2.43. The average molecular weight is 846 g/mol. The molecule has 0 aliphatic heterocycles. The Morgan fingerprint density at radius 3 is 1.05 bits per heavy atom. The topological polar surface area (TPSA) is 83.6 Å². The van der Waals surface area contributed by atoms with Crippen LogP contribution in [-0.4, -0.2) is 11.6 Å². The van der Waals surface area contributed by atoms with E-state index >= 15 is 0 Å². The van der Waals surface area contributed by atoms with Gasteiger partial charge in [0.25, 0.3) is 0 Å². The molecule has 2 aromatic rings. The van der Waals surface area contributed by atoms with Crippen molar-refractivity contribution in [3.63, 3.8) is 0 Å². The highest BCUT2D eigenvalue weighted by Gasteiger charge is 2.23. The van der Waals surface area contributed by atoms with Crippen LogP contribution in [0.15, 0.2) is 131 Å². The van der Waals surface area contributed by atoms with E-state index in [-0.39, 0.29) is 11.6 Å². The summed E-state index contributed by atoms with van der Waals surface area (Å²) in [6.07, 6.45) is 3.42. The summed E-state index contributed by atoms with van der Waals surface area (Å²) >= 11 is 14.7. The van der Waals surface area contributed by atoms with Gasteiger partial charge in [-0.05, 0) is 145 Å². The third-order valence-electron chi connectivity index (χ3n) is 8.30. The summed E-state index contributed by atoms with van der Waals surface area (Å²) in [7, 11) is 0. The van der Waals surface area contributed by atoms with Gasteiger partial charge in [-0.3, -0.25) is 9.59 Å². The number of carbonyl (C=O) groups is 2. The van der Waals surface area contributed by atoms with Crippen LogP contribution in [-0.2, 0) is 9.59 Å². The third-order valence-corrected chi connectivity index (χ3v) is 10.9. The van der Waals surface area contributed by atoms with Gasteiger partial charge in [0.15, 0.2) is 11.6 Å². The Labute approximate surface area is 291 Å². The van der Waals surface area contributed by atoms with E-state index in [1.807, 2.05) is 79.7 Å². The zero-order chi connectivity index (χ0) is 32.6. The van der Waals surface area contributed by atoms with Gasteiger partial charge in [0, 0.05) is 51.3 Å². The molecule has 2 aliphatic rings. The molecule has 0 radical (unpaired) electrons. The Kier molecular flexibility index (Phi) is 10.7. The molecule has 0 fully saturated rings. The van der Waals surface area contributed by atoms with E-state index in [0.717, 1.165) is 84.7 Å². The number of rotatable bonds is 5. The van der Waals surface area contributed by atoms with E-state index in [9.17, 15) is 9.59 Å². The Bertz CT molecular complexity index is 1710. The predicted molar refractivity (Wildman–Crippen MR) is 191 cm³/mol. The van der Waals surface area contributed by atoms with Gasteiger partial charge in [-0.1, -0.05) is 31.9 Å². The molecule has 0 amide bonds. The molecule has 0 unspecified atom stereocenters. The van der Waals surface area contributed by atoms with Crippen molar-refractivity contribution in [1.29, 1.82) is 0 Å². The summed E-state index contributed by atoms with van der Waals surface area (Å²) in [4.78, 5) is 24.8. The van der Waals surface area contributed by atoms with Crippen LogP contribution >= 0.6 is 63.7 Å². The van der Waals surface area contributed by atoms with Crippen molar-refractivity contribution < 1.29 is 9.59 Å². The Morgan fingerprint density at radius 2 is 0.750 bits per heavy atom. The first-order chi connectivity index (χ1) is 20.6. The molecule has 0 saturated heterocycles. The number of halogens is 4. The third kappa shape index (κ3) is 6.64. The number of Topliss-reactive ketones (excluding diaryl/α,β-unsaturated/α-hetero) is 2. The molecule has 0 bridgehead atoms. The fourth-order valence-corrected chi connectivity index (χ4v) is 6.87. The zero-order valence-corrected chi connectivity index (χ0v) is 31.9. The number of ketones is 2. The first-order valence-corrected chi connectivity index (χ1v) is 16.8. The van der Waals surface area contributed by atoms with Crippen LogP contribution in [0, 0.1) is 0 Å². The molecule has 10 heteroatoms. The van der Waals surface area contributed by atoms with Gasteiger partial charge in [-0.25, -0.2) is 0 Å². The molecule has 0 saturated carbocycles. The number of azo groups is 2. The standard InChI is InChI=1S/C34H30Br4N4O2/c1-15-19(5)33(43)20(6)16(2)25(15)13-39-41-31-11-27(35)23(9-29(31)37)24-10-30(38)32(12-28(24)36)42-40-14-26-17(3)21(7)34(44)22(8)18(26)4/h9-14H,1-8H3/b41-39+,42-40+. The maximum Gasteiger partial charge on any atom is 0.184 e. The minimum absolute atomic E-state index is 0.0749. The fourth-order valence-electron chi connectivity index (χ4n) is 4.94. The summed E-state index contributed by atoms with van der Waals surface area (Å²) in [6, 6.07) is 7.76. The first kappa shape index (κ1) is 34.2. The van der Waals surface area contributed by atoms with Gasteiger partial charge < -0.3 is 0 Å². The van der Waals surface area contributed by atoms with E-state index in [4.69, 9.17) is 0 Å². The van der Waals surface area contributed by atoms with Gasteiger partial charge >= 0.3 is 0 Å². The molecule has 226 valence electrons. The van der Waals surface area contributed by atoms with E-state index in [0.29, 0.717) is 11.4 Å². The molecule has 0 N–H and O–H groups in total. The highest BCUT2D eigenvalue weighted by molar-refractivity contribution is 9.11. The summed E-state index contributed by atoms with van der Waals surface area (Å²) in [5.74, 6) is 0.150. The van der Waals surface area contributed by atoms with Crippen molar-refractivity contribution in [2.45, 2.75) is 55.4 Å². The van der Waals surface area contributed by atoms with Crippen LogP contribution in [0.4, 0.5) is 11.4 Å². The summed E-state index contributed by atoms with van der Waals surface area (Å²) < 4.78 is 3.20. The molecule has 0 heterocycles. The lowest BCUT2D eigenvalue weighted by atomic mass is 9.84. The Balaban J connectivity index is 1.62. The smallest absolute Gasteiger partial charge is 0.184 e. The molecule has 2 aromatic carbocycles. The quantitative estimate of drug-likeness (QED) is 0.281. The summed E-state index contributed by atoms with van der Waals surface area (Å²) in [5, 5.41) is 17.6.